The Morgan fingerprint density at radius 1 is 0.962 bits per heavy atom. The van der Waals surface area contributed by atoms with Gasteiger partial charge in [0.25, 0.3) is 5.78 Å². The van der Waals surface area contributed by atoms with Crippen molar-refractivity contribution in [3.8, 4) is 22.5 Å². The quantitative estimate of drug-likeness (QED) is 0.485. The van der Waals surface area contributed by atoms with Crippen molar-refractivity contribution in [3.05, 3.63) is 71.5 Å². The predicted molar refractivity (Wildman–Crippen MR) is 99.2 cm³/mol. The fraction of sp³-hybridized carbons (Fsp3) is 0.143. The minimum Gasteiger partial charge on any atom is -0.288 e. The van der Waals surface area contributed by atoms with Gasteiger partial charge in [-0.25, -0.2) is 4.98 Å². The van der Waals surface area contributed by atoms with Crippen molar-refractivity contribution in [1.29, 1.82) is 0 Å². The molecule has 2 heterocycles. The van der Waals surface area contributed by atoms with Gasteiger partial charge < -0.3 is 0 Å². The second-order valence-electron chi connectivity index (χ2n) is 6.81. The van der Waals surface area contributed by atoms with E-state index in [4.69, 9.17) is 0 Å². The number of carbonyl (C=O) groups excluding carboxylic acids is 1. The third-order valence-corrected chi connectivity index (χ3v) is 4.93. The van der Waals surface area contributed by atoms with Crippen LogP contribution in [0.25, 0.3) is 28.3 Å². The Morgan fingerprint density at radius 3 is 2.42 bits per heavy atom. The number of fused-ring (bicyclic) bond motifs is 4. The molecule has 2 aromatic carbocycles. The first kappa shape index (κ1) is 15.0. The molecule has 0 saturated carbocycles. The van der Waals surface area contributed by atoms with Crippen LogP contribution >= 0.6 is 0 Å². The van der Waals surface area contributed by atoms with Gasteiger partial charge in [0, 0.05) is 16.7 Å². The molecule has 0 atom stereocenters. The van der Waals surface area contributed by atoms with Crippen LogP contribution in [-0.4, -0.2) is 25.4 Å². The molecule has 0 amide bonds. The summed E-state index contributed by atoms with van der Waals surface area (Å²) in [7, 11) is 0. The lowest BCUT2D eigenvalue weighted by Crippen LogP contribution is -2.06. The Balaban J connectivity index is 1.84. The molecule has 0 saturated heterocycles. The molecule has 5 heteroatoms. The average molecular weight is 340 g/mol. The van der Waals surface area contributed by atoms with Crippen LogP contribution in [-0.2, 0) is 0 Å². The Labute approximate surface area is 150 Å². The van der Waals surface area contributed by atoms with Crippen LogP contribution in [0.15, 0.2) is 54.9 Å². The van der Waals surface area contributed by atoms with Crippen molar-refractivity contribution in [3.63, 3.8) is 0 Å². The molecular formula is C21H16N4O. The van der Waals surface area contributed by atoms with E-state index in [9.17, 15) is 4.79 Å². The topological polar surface area (TPSA) is 60.1 Å². The zero-order chi connectivity index (χ0) is 17.8. The van der Waals surface area contributed by atoms with E-state index in [0.29, 0.717) is 28.5 Å². The van der Waals surface area contributed by atoms with Gasteiger partial charge in [0.05, 0.1) is 17.0 Å². The van der Waals surface area contributed by atoms with Crippen molar-refractivity contribution >= 4 is 11.6 Å². The van der Waals surface area contributed by atoms with Crippen LogP contribution in [0.3, 0.4) is 0 Å². The maximum atomic E-state index is 13.1. The molecular weight excluding hydrogens is 324 g/mol. The van der Waals surface area contributed by atoms with E-state index in [2.05, 4.69) is 41.0 Å². The largest absolute Gasteiger partial charge is 0.288 e. The SMILES string of the molecule is CC(C)c1ccc(-c2c3c(nc4ncnn24)-c2ccccc2C3=O)cc1. The molecule has 0 spiro atoms. The van der Waals surface area contributed by atoms with Crippen molar-refractivity contribution in [2.75, 3.05) is 0 Å². The van der Waals surface area contributed by atoms with E-state index in [0.717, 1.165) is 16.8 Å². The van der Waals surface area contributed by atoms with Crippen molar-refractivity contribution < 1.29 is 4.79 Å². The minimum atomic E-state index is -0.0107. The molecule has 0 unspecified atom stereocenters. The molecule has 1 aliphatic carbocycles. The molecule has 0 N–H and O–H groups in total. The molecule has 2 aromatic heterocycles. The molecule has 5 rings (SSSR count). The van der Waals surface area contributed by atoms with Gasteiger partial charge in [-0.1, -0.05) is 62.4 Å². The second kappa shape index (κ2) is 5.33. The maximum Gasteiger partial charge on any atom is 0.253 e. The van der Waals surface area contributed by atoms with Gasteiger partial charge in [0.15, 0.2) is 5.78 Å². The fourth-order valence-corrected chi connectivity index (χ4v) is 3.57. The monoisotopic (exact) mass is 340 g/mol. The van der Waals surface area contributed by atoms with E-state index in [1.54, 1.807) is 4.52 Å². The van der Waals surface area contributed by atoms with Crippen LogP contribution in [0.4, 0.5) is 0 Å². The molecule has 0 radical (unpaired) electrons. The average Bonchev–Trinajstić information content (AvgIpc) is 3.24. The van der Waals surface area contributed by atoms with Gasteiger partial charge in [-0.05, 0) is 11.5 Å². The van der Waals surface area contributed by atoms with Crippen molar-refractivity contribution in [2.45, 2.75) is 19.8 Å². The third kappa shape index (κ3) is 1.97. The number of nitrogens with zero attached hydrogens (tertiary/aromatic N) is 4. The summed E-state index contributed by atoms with van der Waals surface area (Å²) < 4.78 is 1.66. The Kier molecular flexibility index (Phi) is 3.06. The van der Waals surface area contributed by atoms with E-state index in [1.165, 1.54) is 11.9 Å². The van der Waals surface area contributed by atoms with Crippen LogP contribution in [0.1, 0.15) is 41.3 Å². The van der Waals surface area contributed by atoms with Gasteiger partial charge in [0.1, 0.15) is 6.33 Å². The summed E-state index contributed by atoms with van der Waals surface area (Å²) in [6.07, 6.45) is 1.47. The highest BCUT2D eigenvalue weighted by atomic mass is 16.1. The summed E-state index contributed by atoms with van der Waals surface area (Å²) in [5.74, 6) is 0.934. The first-order valence-electron chi connectivity index (χ1n) is 8.63. The zero-order valence-electron chi connectivity index (χ0n) is 14.5. The van der Waals surface area contributed by atoms with Crippen LogP contribution in [0.5, 0.6) is 0 Å². The molecule has 0 fully saturated rings. The Bertz CT molecular complexity index is 1170. The van der Waals surface area contributed by atoms with Gasteiger partial charge in [0.2, 0.25) is 0 Å². The second-order valence-corrected chi connectivity index (χ2v) is 6.81. The number of hydrogen-bond donors (Lipinski definition) is 0. The Hall–Kier alpha value is -3.34. The summed E-state index contributed by atoms with van der Waals surface area (Å²) in [4.78, 5) is 22.0. The maximum absolute atomic E-state index is 13.1. The Morgan fingerprint density at radius 2 is 1.69 bits per heavy atom. The standard InChI is InChI=1S/C21H16N4O/c1-12(2)13-7-9-14(10-8-13)19-17-18(24-21-22-11-23-25(19)21)15-5-3-4-6-16(15)20(17)26/h3-12H,1-2H3. The number of benzene rings is 2. The van der Waals surface area contributed by atoms with Gasteiger partial charge in [-0.3, -0.25) is 4.79 Å². The minimum absolute atomic E-state index is 0.0107. The molecule has 0 bridgehead atoms. The van der Waals surface area contributed by atoms with E-state index >= 15 is 0 Å². The molecule has 4 aromatic rings. The van der Waals surface area contributed by atoms with E-state index < -0.39 is 0 Å². The van der Waals surface area contributed by atoms with Crippen LogP contribution < -0.4 is 0 Å². The number of ketones is 1. The number of aromatic nitrogens is 4. The fourth-order valence-electron chi connectivity index (χ4n) is 3.57. The zero-order valence-corrected chi connectivity index (χ0v) is 14.5. The molecule has 1 aliphatic rings. The van der Waals surface area contributed by atoms with E-state index in [1.807, 2.05) is 36.4 Å². The smallest absolute Gasteiger partial charge is 0.253 e. The lowest BCUT2D eigenvalue weighted by molar-refractivity contribution is 0.104. The van der Waals surface area contributed by atoms with Gasteiger partial charge >= 0.3 is 0 Å². The molecule has 26 heavy (non-hydrogen) atoms. The summed E-state index contributed by atoms with van der Waals surface area (Å²) in [6.45, 7) is 4.32. The highest BCUT2D eigenvalue weighted by Gasteiger charge is 2.33. The molecule has 0 aliphatic heterocycles. The predicted octanol–water partition coefficient (Wildman–Crippen LogP) is 4.13. The first-order valence-corrected chi connectivity index (χ1v) is 8.63. The summed E-state index contributed by atoms with van der Waals surface area (Å²) in [5.41, 5.74) is 5.77. The van der Waals surface area contributed by atoms with Crippen molar-refractivity contribution in [2.24, 2.45) is 0 Å². The lowest BCUT2D eigenvalue weighted by Gasteiger charge is -2.11. The third-order valence-electron chi connectivity index (χ3n) is 4.93. The number of rotatable bonds is 2. The molecule has 126 valence electrons. The lowest BCUT2D eigenvalue weighted by atomic mass is 9.98. The van der Waals surface area contributed by atoms with Crippen LogP contribution in [0.2, 0.25) is 0 Å². The summed E-state index contributed by atoms with van der Waals surface area (Å²) in [5, 5.41) is 4.32. The molecule has 5 nitrogen and oxygen atoms in total. The van der Waals surface area contributed by atoms with Crippen LogP contribution in [0, 0.1) is 0 Å². The summed E-state index contributed by atoms with van der Waals surface area (Å²) >= 11 is 0. The number of hydrogen-bond acceptors (Lipinski definition) is 4. The normalized spacial score (nSPS) is 12.7. The van der Waals surface area contributed by atoms with Crippen molar-refractivity contribution in [1.82, 2.24) is 19.6 Å². The van der Waals surface area contributed by atoms with Gasteiger partial charge in [-0.15, -0.1) is 0 Å². The number of carbonyl (C=O) groups is 1. The van der Waals surface area contributed by atoms with E-state index in [-0.39, 0.29) is 5.78 Å². The highest BCUT2D eigenvalue weighted by Crippen LogP contribution is 2.40. The highest BCUT2D eigenvalue weighted by molar-refractivity contribution is 6.23. The van der Waals surface area contributed by atoms with Gasteiger partial charge in [-0.2, -0.15) is 14.6 Å². The summed E-state index contributed by atoms with van der Waals surface area (Å²) in [6, 6.07) is 15.9. The first-order chi connectivity index (χ1) is 12.6.